The van der Waals surface area contributed by atoms with Gasteiger partial charge in [0.15, 0.2) is 6.10 Å². The summed E-state index contributed by atoms with van der Waals surface area (Å²) in [5, 5.41) is 3.02. The predicted octanol–water partition coefficient (Wildman–Crippen LogP) is 4.10. The summed E-state index contributed by atoms with van der Waals surface area (Å²) in [5.74, 6) is -0.987. The van der Waals surface area contributed by atoms with E-state index in [-0.39, 0.29) is 10.5 Å². The zero-order valence-electron chi connectivity index (χ0n) is 18.5. The van der Waals surface area contributed by atoms with Crippen molar-refractivity contribution < 1.29 is 27.5 Å². The molecule has 0 aliphatic carbocycles. The third kappa shape index (κ3) is 6.25. The molecule has 1 atom stereocenters. The van der Waals surface area contributed by atoms with E-state index in [4.69, 9.17) is 21.1 Å². The molecule has 0 radical (unpaired) electrons. The first-order chi connectivity index (χ1) is 15.7. The Kier molecular flexibility index (Phi) is 8.34. The van der Waals surface area contributed by atoms with Crippen molar-refractivity contribution in [1.29, 1.82) is 0 Å². The zero-order valence-corrected chi connectivity index (χ0v) is 20.1. The largest absolute Gasteiger partial charge is 0.495 e. The minimum atomic E-state index is -3.72. The molecule has 178 valence electrons. The van der Waals surface area contributed by atoms with E-state index in [1.54, 1.807) is 12.1 Å². The molecule has 33 heavy (non-hydrogen) atoms. The van der Waals surface area contributed by atoms with Crippen LogP contribution in [0.3, 0.4) is 0 Å². The lowest BCUT2D eigenvalue weighted by atomic mass is 10.2. The first kappa shape index (κ1) is 25.0. The molecule has 1 aliphatic rings. The number of rotatable bonds is 7. The number of amides is 1. The number of hydrogen-bond acceptors (Lipinski definition) is 6. The second kappa shape index (κ2) is 11.0. The number of esters is 1. The van der Waals surface area contributed by atoms with Gasteiger partial charge in [0.1, 0.15) is 5.75 Å². The van der Waals surface area contributed by atoms with Crippen LogP contribution in [0.1, 0.15) is 43.0 Å². The molecule has 10 heteroatoms. The van der Waals surface area contributed by atoms with E-state index in [9.17, 15) is 18.0 Å². The molecule has 3 rings (SSSR count). The number of sulfonamides is 1. The first-order valence-electron chi connectivity index (χ1n) is 10.7. The maximum atomic E-state index is 13.0. The average molecular weight is 495 g/mol. The Hall–Kier alpha value is -2.62. The highest BCUT2D eigenvalue weighted by molar-refractivity contribution is 7.89. The Balaban J connectivity index is 1.70. The van der Waals surface area contributed by atoms with Crippen molar-refractivity contribution in [1.82, 2.24) is 4.31 Å². The molecule has 0 saturated carbocycles. The highest BCUT2D eigenvalue weighted by Gasteiger charge is 2.27. The average Bonchev–Trinajstić information content (AvgIpc) is 3.09. The van der Waals surface area contributed by atoms with Crippen molar-refractivity contribution in [3.05, 3.63) is 53.1 Å². The molecule has 2 aromatic carbocycles. The van der Waals surface area contributed by atoms with Crippen molar-refractivity contribution in [3.8, 4) is 5.75 Å². The van der Waals surface area contributed by atoms with Gasteiger partial charge in [0, 0.05) is 18.1 Å². The molecule has 0 spiro atoms. The summed E-state index contributed by atoms with van der Waals surface area (Å²) < 4.78 is 38.0. The molecular formula is C23H27ClN2O6S. The number of methoxy groups -OCH3 is 1. The summed E-state index contributed by atoms with van der Waals surface area (Å²) in [5.41, 5.74) is 0.384. The molecule has 0 aromatic heterocycles. The predicted molar refractivity (Wildman–Crippen MR) is 125 cm³/mol. The lowest BCUT2D eigenvalue weighted by molar-refractivity contribution is -0.123. The number of anilines is 1. The molecule has 0 bridgehead atoms. The Morgan fingerprint density at radius 3 is 2.42 bits per heavy atom. The van der Waals surface area contributed by atoms with Gasteiger partial charge in [-0.1, -0.05) is 30.5 Å². The minimum absolute atomic E-state index is 0.0274. The first-order valence-corrected chi connectivity index (χ1v) is 12.5. The van der Waals surface area contributed by atoms with E-state index in [1.807, 2.05) is 0 Å². The van der Waals surface area contributed by atoms with E-state index in [0.29, 0.717) is 29.5 Å². The lowest BCUT2D eigenvalue weighted by Crippen LogP contribution is -2.32. The van der Waals surface area contributed by atoms with Crippen molar-refractivity contribution in [2.45, 2.75) is 43.6 Å². The van der Waals surface area contributed by atoms with Crippen LogP contribution in [-0.4, -0.2) is 50.9 Å². The molecular weight excluding hydrogens is 468 g/mol. The molecule has 2 aromatic rings. The lowest BCUT2D eigenvalue weighted by Gasteiger charge is -2.20. The number of nitrogens with one attached hydrogen (secondary N) is 1. The van der Waals surface area contributed by atoms with Gasteiger partial charge in [0.2, 0.25) is 10.0 Å². The molecule has 0 unspecified atom stereocenters. The smallest absolute Gasteiger partial charge is 0.338 e. The summed E-state index contributed by atoms with van der Waals surface area (Å²) in [7, 11) is -2.27. The molecule has 1 N–H and O–H groups in total. The van der Waals surface area contributed by atoms with Crippen LogP contribution in [0.5, 0.6) is 5.75 Å². The number of halogens is 1. The molecule has 8 nitrogen and oxygen atoms in total. The number of nitrogens with zero attached hydrogens (tertiary/aromatic N) is 1. The highest BCUT2D eigenvalue weighted by atomic mass is 35.5. The maximum absolute atomic E-state index is 13.0. The van der Waals surface area contributed by atoms with Crippen LogP contribution >= 0.6 is 11.6 Å². The van der Waals surface area contributed by atoms with Crippen molar-refractivity contribution in [2.75, 3.05) is 25.5 Å². The molecule has 1 heterocycles. The second-order valence-electron chi connectivity index (χ2n) is 7.73. The fourth-order valence-electron chi connectivity index (χ4n) is 3.51. The van der Waals surface area contributed by atoms with Gasteiger partial charge in [-0.2, -0.15) is 4.31 Å². The quantitative estimate of drug-likeness (QED) is 0.581. The number of carbonyl (C=O) groups is 2. The normalized spacial score (nSPS) is 15.8. The van der Waals surface area contributed by atoms with E-state index in [0.717, 1.165) is 25.7 Å². The Morgan fingerprint density at radius 2 is 1.76 bits per heavy atom. The van der Waals surface area contributed by atoms with Gasteiger partial charge in [-0.3, -0.25) is 4.79 Å². The van der Waals surface area contributed by atoms with Crippen molar-refractivity contribution in [2.24, 2.45) is 0 Å². The van der Waals surface area contributed by atoms with Gasteiger partial charge >= 0.3 is 5.97 Å². The van der Waals surface area contributed by atoms with Gasteiger partial charge < -0.3 is 14.8 Å². The third-order valence-electron chi connectivity index (χ3n) is 5.34. The van der Waals surface area contributed by atoms with Crippen molar-refractivity contribution >= 4 is 39.2 Å². The van der Waals surface area contributed by atoms with Crippen LogP contribution in [0.25, 0.3) is 0 Å². The summed E-state index contributed by atoms with van der Waals surface area (Å²) in [6.45, 7) is 2.34. The van der Waals surface area contributed by atoms with Crippen molar-refractivity contribution in [3.63, 3.8) is 0 Å². The summed E-state index contributed by atoms with van der Waals surface area (Å²) >= 11 is 5.97. The van der Waals surface area contributed by atoms with Crippen LogP contribution in [0.15, 0.2) is 47.4 Å². The SMILES string of the molecule is COc1ccc(Cl)cc1NC(=O)[C@H](C)OC(=O)c1cccc(S(=O)(=O)N2CCCCCC2)c1. The van der Waals surface area contributed by atoms with Gasteiger partial charge in [-0.15, -0.1) is 0 Å². The number of ether oxygens (including phenoxy) is 2. The van der Waals surface area contributed by atoms with Gasteiger partial charge in [-0.05, 0) is 56.2 Å². The molecule has 1 amide bonds. The van der Waals surface area contributed by atoms with Crippen LogP contribution in [0.2, 0.25) is 5.02 Å². The third-order valence-corrected chi connectivity index (χ3v) is 7.47. The molecule has 1 saturated heterocycles. The minimum Gasteiger partial charge on any atom is -0.495 e. The number of carbonyl (C=O) groups excluding carboxylic acids is 2. The van der Waals surface area contributed by atoms with Gasteiger partial charge in [-0.25, -0.2) is 13.2 Å². The topological polar surface area (TPSA) is 102 Å². The fourth-order valence-corrected chi connectivity index (χ4v) is 5.24. The second-order valence-corrected chi connectivity index (χ2v) is 10.1. The van der Waals surface area contributed by atoms with E-state index >= 15 is 0 Å². The number of benzene rings is 2. The molecule has 1 fully saturated rings. The number of hydrogen-bond donors (Lipinski definition) is 1. The highest BCUT2D eigenvalue weighted by Crippen LogP contribution is 2.28. The van der Waals surface area contributed by atoms with Crippen LogP contribution < -0.4 is 10.1 Å². The van der Waals surface area contributed by atoms with Crippen LogP contribution in [0.4, 0.5) is 5.69 Å². The Morgan fingerprint density at radius 1 is 1.06 bits per heavy atom. The standard InChI is InChI=1S/C23H27ClN2O6S/c1-16(22(27)25-20-15-18(24)10-11-21(20)31-2)32-23(28)17-8-7-9-19(14-17)33(29,30)26-12-5-3-4-6-13-26/h7-11,14-16H,3-6,12-13H2,1-2H3,(H,25,27)/t16-/m0/s1. The van der Waals surface area contributed by atoms with E-state index < -0.39 is 28.0 Å². The fraction of sp³-hybridized carbons (Fsp3) is 0.391. The monoisotopic (exact) mass is 494 g/mol. The van der Waals surface area contributed by atoms with Crippen LogP contribution in [0, 0.1) is 0 Å². The van der Waals surface area contributed by atoms with Gasteiger partial charge in [0.05, 0.1) is 23.3 Å². The Bertz CT molecular complexity index is 1110. The van der Waals surface area contributed by atoms with Gasteiger partial charge in [0.25, 0.3) is 5.91 Å². The summed E-state index contributed by atoms with van der Waals surface area (Å²) in [6.07, 6.45) is 2.47. The Labute approximate surface area is 198 Å². The maximum Gasteiger partial charge on any atom is 0.338 e. The zero-order chi connectivity index (χ0) is 24.0. The molecule has 1 aliphatic heterocycles. The van der Waals surface area contributed by atoms with E-state index in [2.05, 4.69) is 5.32 Å². The van der Waals surface area contributed by atoms with E-state index in [1.165, 1.54) is 48.7 Å². The summed E-state index contributed by atoms with van der Waals surface area (Å²) in [4.78, 5) is 25.2. The van der Waals surface area contributed by atoms with Crippen LogP contribution in [-0.2, 0) is 19.6 Å². The summed E-state index contributed by atoms with van der Waals surface area (Å²) in [6, 6.07) is 10.4.